The number of hydrogen-bond donors (Lipinski definition) is 0. The number of alkyl halides is 3. The third-order valence-electron chi connectivity index (χ3n) is 1.64. The van der Waals surface area contributed by atoms with Gasteiger partial charge in [0.2, 0.25) is 0 Å². The van der Waals surface area contributed by atoms with Crippen molar-refractivity contribution in [1.29, 1.82) is 0 Å². The topological polar surface area (TPSA) is 0 Å². The summed E-state index contributed by atoms with van der Waals surface area (Å²) in [6, 6.07) is 5.65. The van der Waals surface area contributed by atoms with Crippen molar-refractivity contribution < 1.29 is 0 Å². The van der Waals surface area contributed by atoms with Crippen LogP contribution in [0.15, 0.2) is 18.2 Å². The Hall–Kier alpha value is 0.790. The van der Waals surface area contributed by atoms with E-state index in [1.165, 1.54) is 0 Å². The van der Waals surface area contributed by atoms with Crippen molar-refractivity contribution in [1.82, 2.24) is 0 Å². The lowest BCUT2D eigenvalue weighted by molar-refractivity contribution is 1.28. The normalized spacial score (nSPS) is 13.2. The maximum Gasteiger partial charge on any atom is 0.113 e. The molecule has 0 amide bonds. The second kappa shape index (κ2) is 5.04. The van der Waals surface area contributed by atoms with Crippen LogP contribution in [0.4, 0.5) is 0 Å². The lowest BCUT2D eigenvalue weighted by Crippen LogP contribution is -2.06. The molecule has 0 aliphatic rings. The lowest BCUT2D eigenvalue weighted by atomic mass is 9.87. The molecule has 1 aromatic rings. The Labute approximate surface area is 106 Å². The van der Waals surface area contributed by atoms with Gasteiger partial charge in [-0.05, 0) is 11.1 Å². The van der Waals surface area contributed by atoms with Gasteiger partial charge in [-0.15, -0.1) is 0 Å². The summed E-state index contributed by atoms with van der Waals surface area (Å²) < 4.78 is -0.0946. The highest BCUT2D eigenvalue weighted by atomic mass is 79.9. The minimum Gasteiger partial charge on any atom is -0.0963 e. The SMILES string of the molecule is [B]c1ccc(C([B])Br)c(C(Br)Br)c1. The van der Waals surface area contributed by atoms with Gasteiger partial charge < -0.3 is 0 Å². The average molecular weight is 362 g/mol. The monoisotopic (exact) mass is 360 g/mol. The molecule has 0 saturated carbocycles. The molecule has 1 aromatic carbocycles. The van der Waals surface area contributed by atoms with Crippen molar-refractivity contribution in [3.63, 3.8) is 0 Å². The Balaban J connectivity index is 3.19. The Bertz CT molecular complexity index is 299. The molecule has 0 N–H and O–H groups in total. The minimum atomic E-state index is -0.166. The summed E-state index contributed by atoms with van der Waals surface area (Å²) in [5, 5.41) is 0. The first-order valence-electron chi connectivity index (χ1n) is 3.59. The molecule has 13 heavy (non-hydrogen) atoms. The van der Waals surface area contributed by atoms with Gasteiger partial charge in [-0.3, -0.25) is 0 Å². The van der Waals surface area contributed by atoms with Gasteiger partial charge in [-0.2, -0.15) is 0 Å². The molecule has 1 unspecified atom stereocenters. The molecule has 0 nitrogen and oxygen atoms in total. The van der Waals surface area contributed by atoms with Gasteiger partial charge in [0.25, 0.3) is 0 Å². The fourth-order valence-corrected chi connectivity index (χ4v) is 2.24. The standard InChI is InChI=1S/C8H5B2Br3/c9-4-1-2-5(7(10)11)6(3-4)8(12)13/h1-3,7-8H. The number of rotatable bonds is 2. The molecule has 0 fully saturated rings. The number of halogens is 3. The first-order chi connectivity index (χ1) is 6.02. The van der Waals surface area contributed by atoms with E-state index in [0.717, 1.165) is 16.6 Å². The summed E-state index contributed by atoms with van der Waals surface area (Å²) in [6.07, 6.45) is 0. The fourth-order valence-electron chi connectivity index (χ4n) is 1.03. The predicted octanol–water partition coefficient (Wildman–Crippen LogP) is 2.83. The van der Waals surface area contributed by atoms with E-state index in [0.29, 0.717) is 0 Å². The van der Waals surface area contributed by atoms with Crippen LogP contribution >= 0.6 is 47.8 Å². The number of benzene rings is 1. The van der Waals surface area contributed by atoms with Gasteiger partial charge in [0.15, 0.2) is 0 Å². The molecule has 0 saturated heterocycles. The zero-order chi connectivity index (χ0) is 10.0. The summed E-state index contributed by atoms with van der Waals surface area (Å²) in [4.78, 5) is 0. The molecule has 0 aliphatic carbocycles. The highest BCUT2D eigenvalue weighted by Gasteiger charge is 2.11. The van der Waals surface area contributed by atoms with Gasteiger partial charge in [-0.1, -0.05) is 71.5 Å². The zero-order valence-corrected chi connectivity index (χ0v) is 11.4. The molecule has 1 atom stereocenters. The van der Waals surface area contributed by atoms with E-state index in [1.54, 1.807) is 0 Å². The molecule has 1 rings (SSSR count). The third-order valence-corrected chi connectivity index (χ3v) is 3.12. The Morgan fingerprint density at radius 2 is 1.69 bits per heavy atom. The molecule has 0 spiro atoms. The first kappa shape index (κ1) is 11.9. The van der Waals surface area contributed by atoms with Crippen molar-refractivity contribution in [3.8, 4) is 0 Å². The molecule has 0 heterocycles. The van der Waals surface area contributed by atoms with E-state index in [-0.39, 0.29) is 8.46 Å². The highest BCUT2D eigenvalue weighted by Crippen LogP contribution is 2.35. The zero-order valence-electron chi connectivity index (χ0n) is 6.68. The average Bonchev–Trinajstić information content (AvgIpc) is 2.03. The van der Waals surface area contributed by atoms with Crippen LogP contribution in [-0.2, 0) is 0 Å². The van der Waals surface area contributed by atoms with Gasteiger partial charge in [-0.25, -0.2) is 0 Å². The quantitative estimate of drug-likeness (QED) is 0.561. The molecule has 0 aromatic heterocycles. The van der Waals surface area contributed by atoms with Crippen molar-refractivity contribution in [3.05, 3.63) is 29.3 Å². The second-order valence-corrected chi connectivity index (χ2v) is 6.64. The van der Waals surface area contributed by atoms with E-state index in [2.05, 4.69) is 47.8 Å². The predicted molar refractivity (Wildman–Crippen MR) is 69.8 cm³/mol. The maximum absolute atomic E-state index is 5.74. The van der Waals surface area contributed by atoms with Gasteiger partial charge >= 0.3 is 0 Å². The van der Waals surface area contributed by atoms with Crippen molar-refractivity contribution in [2.24, 2.45) is 0 Å². The smallest absolute Gasteiger partial charge is 0.0963 e. The van der Waals surface area contributed by atoms with E-state index < -0.39 is 0 Å². The van der Waals surface area contributed by atoms with Crippen LogP contribution in [0.3, 0.4) is 0 Å². The summed E-state index contributed by atoms with van der Waals surface area (Å²) >= 11 is 10.2. The van der Waals surface area contributed by atoms with Crippen LogP contribution in [0.5, 0.6) is 0 Å². The van der Waals surface area contributed by atoms with E-state index in [1.807, 2.05) is 18.2 Å². The van der Waals surface area contributed by atoms with Crippen LogP contribution in [-0.4, -0.2) is 15.7 Å². The third kappa shape index (κ3) is 3.14. The second-order valence-electron chi connectivity index (χ2n) is 2.59. The molecule has 0 aliphatic heterocycles. The summed E-state index contributed by atoms with van der Waals surface area (Å²) in [6.45, 7) is 0. The van der Waals surface area contributed by atoms with E-state index in [9.17, 15) is 0 Å². The van der Waals surface area contributed by atoms with Gasteiger partial charge in [0.1, 0.15) is 7.85 Å². The van der Waals surface area contributed by atoms with Crippen LogP contribution in [0.1, 0.15) is 19.6 Å². The van der Waals surface area contributed by atoms with Crippen LogP contribution in [0, 0.1) is 0 Å². The lowest BCUT2D eigenvalue weighted by Gasteiger charge is -2.13. The van der Waals surface area contributed by atoms with Gasteiger partial charge in [0.05, 0.1) is 11.6 Å². The van der Waals surface area contributed by atoms with Crippen molar-refractivity contribution in [2.75, 3.05) is 0 Å². The van der Waals surface area contributed by atoms with E-state index >= 15 is 0 Å². The Kier molecular flexibility index (Phi) is 4.59. The van der Waals surface area contributed by atoms with Crippen molar-refractivity contribution >= 4 is 68.9 Å². The first-order valence-corrected chi connectivity index (χ1v) is 6.34. The minimum absolute atomic E-state index is 0.0714. The van der Waals surface area contributed by atoms with Crippen LogP contribution in [0.25, 0.3) is 0 Å². The fraction of sp³-hybridized carbons (Fsp3) is 0.250. The Morgan fingerprint density at radius 3 is 2.15 bits per heavy atom. The largest absolute Gasteiger partial charge is 0.113 e. The van der Waals surface area contributed by atoms with Crippen LogP contribution in [0.2, 0.25) is 0 Å². The van der Waals surface area contributed by atoms with Crippen molar-refractivity contribution in [2.45, 2.75) is 8.46 Å². The summed E-state index contributed by atoms with van der Waals surface area (Å²) in [5.41, 5.74) is 2.80. The number of hydrogen-bond acceptors (Lipinski definition) is 0. The Morgan fingerprint density at radius 1 is 1.08 bits per heavy atom. The molecular formula is C8H5B2Br3. The van der Waals surface area contributed by atoms with Gasteiger partial charge in [0, 0.05) is 4.73 Å². The summed E-state index contributed by atoms with van der Waals surface area (Å²) in [7, 11) is 11.4. The molecule has 4 radical (unpaired) electrons. The van der Waals surface area contributed by atoms with E-state index in [4.69, 9.17) is 15.7 Å². The maximum atomic E-state index is 5.74. The van der Waals surface area contributed by atoms with Crippen LogP contribution < -0.4 is 5.46 Å². The molecule has 64 valence electrons. The molecule has 0 bridgehead atoms. The summed E-state index contributed by atoms with van der Waals surface area (Å²) in [5.74, 6) is 0. The highest BCUT2D eigenvalue weighted by molar-refractivity contribution is 9.24. The molecular weight excluding hydrogens is 357 g/mol. The molecule has 5 heteroatoms.